The smallest absolute Gasteiger partial charge is 0.244 e. The largest absolute Gasteiger partial charge is 0.463 e. The van der Waals surface area contributed by atoms with Gasteiger partial charge >= 0.3 is 0 Å². The summed E-state index contributed by atoms with van der Waals surface area (Å²) >= 11 is 6.05. The molecule has 0 saturated heterocycles. The van der Waals surface area contributed by atoms with Gasteiger partial charge in [-0.1, -0.05) is 29.8 Å². The summed E-state index contributed by atoms with van der Waals surface area (Å²) in [5.74, 6) is 0.366. The van der Waals surface area contributed by atoms with E-state index in [9.17, 15) is 4.79 Å². The van der Waals surface area contributed by atoms with Crippen LogP contribution in [-0.2, 0) is 11.3 Å². The summed E-state index contributed by atoms with van der Waals surface area (Å²) in [6, 6.07) is 10.9. The quantitative estimate of drug-likeness (QED) is 0.719. The molecule has 6 heteroatoms. The standard InChI is InChI=1S/C18H14ClN3O2/c19-14-5-2-1-4-13(14)7-8-17(23)22-12-15-18(21-10-9-20-15)16-6-3-11-24-16/h1-11H,12H2,(H,22,23)/b8-7+. The van der Waals surface area contributed by atoms with Crippen LogP contribution in [0.25, 0.3) is 17.5 Å². The van der Waals surface area contributed by atoms with Crippen molar-refractivity contribution in [1.82, 2.24) is 15.3 Å². The predicted octanol–water partition coefficient (Wildman–Crippen LogP) is 3.72. The fourth-order valence-electron chi connectivity index (χ4n) is 2.12. The molecule has 1 amide bonds. The number of amides is 1. The van der Waals surface area contributed by atoms with Crippen LogP contribution < -0.4 is 5.32 Å². The molecule has 2 aromatic heterocycles. The molecular formula is C18H14ClN3O2. The highest BCUT2D eigenvalue weighted by Crippen LogP contribution is 2.20. The van der Waals surface area contributed by atoms with Crippen molar-refractivity contribution in [1.29, 1.82) is 0 Å². The number of hydrogen-bond donors (Lipinski definition) is 1. The van der Waals surface area contributed by atoms with E-state index in [1.807, 2.05) is 18.2 Å². The molecule has 0 atom stereocenters. The number of carbonyl (C=O) groups excluding carboxylic acids is 1. The molecule has 0 spiro atoms. The second kappa shape index (κ2) is 7.57. The highest BCUT2D eigenvalue weighted by Gasteiger charge is 2.10. The first-order valence-electron chi connectivity index (χ1n) is 7.28. The number of rotatable bonds is 5. The van der Waals surface area contributed by atoms with E-state index in [1.165, 1.54) is 6.08 Å². The maximum atomic E-state index is 12.0. The SMILES string of the molecule is O=C(/C=C/c1ccccc1Cl)NCc1nccnc1-c1ccco1. The van der Waals surface area contributed by atoms with Gasteiger partial charge in [-0.15, -0.1) is 0 Å². The first-order valence-corrected chi connectivity index (χ1v) is 7.66. The van der Waals surface area contributed by atoms with Gasteiger partial charge in [0.2, 0.25) is 5.91 Å². The van der Waals surface area contributed by atoms with Gasteiger partial charge < -0.3 is 9.73 Å². The van der Waals surface area contributed by atoms with E-state index >= 15 is 0 Å². The minimum Gasteiger partial charge on any atom is -0.463 e. The van der Waals surface area contributed by atoms with Crippen molar-refractivity contribution in [3.05, 3.63) is 77.4 Å². The molecule has 3 aromatic rings. The monoisotopic (exact) mass is 339 g/mol. The van der Waals surface area contributed by atoms with Gasteiger partial charge in [-0.3, -0.25) is 9.78 Å². The van der Waals surface area contributed by atoms with Gasteiger partial charge in [0.1, 0.15) is 5.69 Å². The van der Waals surface area contributed by atoms with Crippen LogP contribution in [-0.4, -0.2) is 15.9 Å². The van der Waals surface area contributed by atoms with Crippen molar-refractivity contribution in [3.8, 4) is 11.5 Å². The molecule has 3 rings (SSSR count). The van der Waals surface area contributed by atoms with Gasteiger partial charge in [0, 0.05) is 23.5 Å². The van der Waals surface area contributed by atoms with Crippen LogP contribution in [0, 0.1) is 0 Å². The molecular weight excluding hydrogens is 326 g/mol. The summed E-state index contributed by atoms with van der Waals surface area (Å²) in [5.41, 5.74) is 2.02. The molecule has 120 valence electrons. The van der Waals surface area contributed by atoms with Gasteiger partial charge in [0.05, 0.1) is 18.5 Å². The Balaban J connectivity index is 1.66. The molecule has 0 radical (unpaired) electrons. The number of furan rings is 1. The first kappa shape index (κ1) is 16.0. The molecule has 0 saturated carbocycles. The fourth-order valence-corrected chi connectivity index (χ4v) is 2.32. The number of nitrogens with one attached hydrogen (secondary N) is 1. The summed E-state index contributed by atoms with van der Waals surface area (Å²) < 4.78 is 5.34. The van der Waals surface area contributed by atoms with Crippen LogP contribution in [0.1, 0.15) is 11.3 Å². The Labute approximate surface area is 144 Å². The Morgan fingerprint density at radius 3 is 2.79 bits per heavy atom. The Morgan fingerprint density at radius 2 is 2.00 bits per heavy atom. The minimum atomic E-state index is -0.244. The summed E-state index contributed by atoms with van der Waals surface area (Å²) in [5, 5.41) is 3.37. The maximum absolute atomic E-state index is 12.0. The third-order valence-corrected chi connectivity index (χ3v) is 3.62. The first-order chi connectivity index (χ1) is 11.7. The molecule has 0 bridgehead atoms. The zero-order valence-corrected chi connectivity index (χ0v) is 13.4. The Hall–Kier alpha value is -2.92. The van der Waals surface area contributed by atoms with Crippen LogP contribution in [0.5, 0.6) is 0 Å². The lowest BCUT2D eigenvalue weighted by Crippen LogP contribution is -2.21. The third kappa shape index (κ3) is 3.88. The van der Waals surface area contributed by atoms with E-state index in [2.05, 4.69) is 15.3 Å². The average molecular weight is 340 g/mol. The zero-order chi connectivity index (χ0) is 16.8. The Kier molecular flexibility index (Phi) is 5.03. The van der Waals surface area contributed by atoms with Crippen molar-refractivity contribution in [3.63, 3.8) is 0 Å². The number of carbonyl (C=O) groups is 1. The number of benzene rings is 1. The molecule has 5 nitrogen and oxygen atoms in total. The van der Waals surface area contributed by atoms with Gasteiger partial charge in [-0.2, -0.15) is 0 Å². The zero-order valence-electron chi connectivity index (χ0n) is 12.6. The Bertz CT molecular complexity index is 860. The third-order valence-electron chi connectivity index (χ3n) is 3.28. The van der Waals surface area contributed by atoms with Crippen LogP contribution in [0.3, 0.4) is 0 Å². The predicted molar refractivity (Wildman–Crippen MR) is 92.1 cm³/mol. The van der Waals surface area contributed by atoms with Crippen molar-refractivity contribution in [2.45, 2.75) is 6.54 Å². The Morgan fingerprint density at radius 1 is 1.17 bits per heavy atom. The highest BCUT2D eigenvalue weighted by molar-refractivity contribution is 6.32. The summed E-state index contributed by atoms with van der Waals surface area (Å²) in [6.45, 7) is 0.246. The van der Waals surface area contributed by atoms with Crippen molar-refractivity contribution in [2.24, 2.45) is 0 Å². The molecule has 24 heavy (non-hydrogen) atoms. The molecule has 0 fully saturated rings. The van der Waals surface area contributed by atoms with Crippen LogP contribution >= 0.6 is 11.6 Å². The summed E-state index contributed by atoms with van der Waals surface area (Å²) in [6.07, 6.45) is 7.83. The van der Waals surface area contributed by atoms with Crippen molar-refractivity contribution >= 4 is 23.6 Å². The van der Waals surface area contributed by atoms with E-state index < -0.39 is 0 Å². The van der Waals surface area contributed by atoms with E-state index in [4.69, 9.17) is 16.0 Å². The van der Waals surface area contributed by atoms with Crippen LogP contribution in [0.15, 0.2) is 65.5 Å². The van der Waals surface area contributed by atoms with Crippen LogP contribution in [0.4, 0.5) is 0 Å². The lowest BCUT2D eigenvalue weighted by molar-refractivity contribution is -0.116. The summed E-state index contributed by atoms with van der Waals surface area (Å²) in [4.78, 5) is 20.5. The van der Waals surface area contributed by atoms with Gasteiger partial charge in [-0.25, -0.2) is 4.98 Å². The molecule has 1 N–H and O–H groups in total. The van der Waals surface area contributed by atoms with Crippen molar-refractivity contribution < 1.29 is 9.21 Å². The lowest BCUT2D eigenvalue weighted by atomic mass is 10.2. The average Bonchev–Trinajstić information content (AvgIpc) is 3.14. The highest BCUT2D eigenvalue weighted by atomic mass is 35.5. The fraction of sp³-hybridized carbons (Fsp3) is 0.0556. The number of hydrogen-bond acceptors (Lipinski definition) is 4. The van der Waals surface area contributed by atoms with Gasteiger partial charge in [0.15, 0.2) is 5.76 Å². The number of aromatic nitrogens is 2. The number of halogens is 1. The van der Waals surface area contributed by atoms with Crippen LogP contribution in [0.2, 0.25) is 5.02 Å². The molecule has 0 aliphatic rings. The minimum absolute atomic E-state index is 0.244. The van der Waals surface area contributed by atoms with E-state index in [-0.39, 0.29) is 12.5 Å². The molecule has 0 aliphatic carbocycles. The summed E-state index contributed by atoms with van der Waals surface area (Å²) in [7, 11) is 0. The van der Waals surface area contributed by atoms with Crippen molar-refractivity contribution in [2.75, 3.05) is 0 Å². The second-order valence-electron chi connectivity index (χ2n) is 4.90. The topological polar surface area (TPSA) is 68.0 Å². The molecule has 2 heterocycles. The molecule has 0 aliphatic heterocycles. The lowest BCUT2D eigenvalue weighted by Gasteiger charge is -2.05. The number of nitrogens with zero attached hydrogens (tertiary/aromatic N) is 2. The second-order valence-corrected chi connectivity index (χ2v) is 5.31. The van der Waals surface area contributed by atoms with E-state index in [1.54, 1.807) is 42.9 Å². The van der Waals surface area contributed by atoms with Gasteiger partial charge in [-0.05, 0) is 29.8 Å². The molecule has 0 unspecified atom stereocenters. The maximum Gasteiger partial charge on any atom is 0.244 e. The van der Waals surface area contributed by atoms with Gasteiger partial charge in [0.25, 0.3) is 0 Å². The molecule has 1 aromatic carbocycles. The van der Waals surface area contributed by atoms with E-state index in [0.717, 1.165) is 5.56 Å². The van der Waals surface area contributed by atoms with E-state index in [0.29, 0.717) is 22.2 Å². The normalized spacial score (nSPS) is 10.9.